The minimum absolute atomic E-state index is 0.0589. The number of esters is 1. The quantitative estimate of drug-likeness (QED) is 0.282. The van der Waals surface area contributed by atoms with Crippen molar-refractivity contribution in [2.24, 2.45) is 0 Å². The maximum absolute atomic E-state index is 12.9. The normalized spacial score (nSPS) is 10.7. The number of pyridine rings is 2. The molecule has 2 aromatic carbocycles. The first-order chi connectivity index (χ1) is 17.1. The summed E-state index contributed by atoms with van der Waals surface area (Å²) in [4.78, 5) is 36.3. The van der Waals surface area contributed by atoms with E-state index in [-0.39, 0.29) is 19.1 Å². The Morgan fingerprint density at radius 2 is 1.66 bits per heavy atom. The van der Waals surface area contributed by atoms with Gasteiger partial charge in [-0.2, -0.15) is 0 Å². The average Bonchev–Trinajstić information content (AvgIpc) is 2.91. The van der Waals surface area contributed by atoms with Gasteiger partial charge in [0.1, 0.15) is 6.61 Å². The maximum atomic E-state index is 12.9. The molecule has 4 rings (SSSR count). The molecular formula is C28H28N4O3. The number of rotatable bonds is 9. The number of nitrogens with one attached hydrogen (secondary N) is 1. The Morgan fingerprint density at radius 3 is 2.37 bits per heavy atom. The Labute approximate surface area is 204 Å². The van der Waals surface area contributed by atoms with Crippen LogP contribution in [0.5, 0.6) is 0 Å². The van der Waals surface area contributed by atoms with Gasteiger partial charge in [0.2, 0.25) is 0 Å². The van der Waals surface area contributed by atoms with Gasteiger partial charge in [-0.05, 0) is 62.4 Å². The van der Waals surface area contributed by atoms with Crippen LogP contribution >= 0.6 is 0 Å². The summed E-state index contributed by atoms with van der Waals surface area (Å²) in [6.07, 6.45) is 3.37. The number of carbonyl (C=O) groups excluding carboxylic acids is 2. The molecule has 178 valence electrons. The van der Waals surface area contributed by atoms with Gasteiger partial charge in [-0.25, -0.2) is 9.78 Å². The molecule has 0 radical (unpaired) electrons. The van der Waals surface area contributed by atoms with E-state index in [2.05, 4.69) is 34.0 Å². The van der Waals surface area contributed by atoms with E-state index in [1.54, 1.807) is 30.6 Å². The third kappa shape index (κ3) is 5.63. The Hall–Kier alpha value is -4.26. The van der Waals surface area contributed by atoms with Crippen LogP contribution in [0, 0.1) is 0 Å². The van der Waals surface area contributed by atoms with Gasteiger partial charge in [0.15, 0.2) is 0 Å². The van der Waals surface area contributed by atoms with Crippen molar-refractivity contribution >= 4 is 28.5 Å². The molecule has 0 unspecified atom stereocenters. The van der Waals surface area contributed by atoms with Crippen LogP contribution in [-0.4, -0.2) is 48.1 Å². The van der Waals surface area contributed by atoms with Gasteiger partial charge in [0.05, 0.1) is 23.3 Å². The van der Waals surface area contributed by atoms with Gasteiger partial charge < -0.3 is 15.0 Å². The van der Waals surface area contributed by atoms with Crippen LogP contribution in [0.25, 0.3) is 22.2 Å². The van der Waals surface area contributed by atoms with E-state index in [4.69, 9.17) is 4.74 Å². The molecule has 0 spiro atoms. The summed E-state index contributed by atoms with van der Waals surface area (Å²) in [6.45, 7) is 6.28. The predicted octanol–water partition coefficient (Wildman–Crippen LogP) is 4.73. The van der Waals surface area contributed by atoms with E-state index < -0.39 is 5.97 Å². The largest absolute Gasteiger partial charge is 0.460 e. The van der Waals surface area contributed by atoms with E-state index in [0.29, 0.717) is 27.7 Å². The summed E-state index contributed by atoms with van der Waals surface area (Å²) in [5, 5.41) is 3.52. The molecule has 0 atom stereocenters. The summed E-state index contributed by atoms with van der Waals surface area (Å²) in [5.74, 6) is -0.668. The molecule has 0 saturated heterocycles. The molecule has 1 amide bonds. The molecular weight excluding hydrogens is 440 g/mol. The lowest BCUT2D eigenvalue weighted by molar-refractivity contribution is 0.0505. The molecule has 1 N–H and O–H groups in total. The predicted molar refractivity (Wildman–Crippen MR) is 138 cm³/mol. The third-order valence-corrected chi connectivity index (χ3v) is 5.79. The molecule has 0 aliphatic carbocycles. The number of amides is 1. The van der Waals surface area contributed by atoms with Gasteiger partial charge in [-0.3, -0.25) is 9.78 Å². The second kappa shape index (κ2) is 11.2. The number of aromatic nitrogens is 2. The van der Waals surface area contributed by atoms with Crippen molar-refractivity contribution in [3.63, 3.8) is 0 Å². The van der Waals surface area contributed by atoms with Crippen LogP contribution < -0.4 is 10.2 Å². The maximum Gasteiger partial charge on any atom is 0.338 e. The van der Waals surface area contributed by atoms with Gasteiger partial charge in [-0.15, -0.1) is 0 Å². The summed E-state index contributed by atoms with van der Waals surface area (Å²) in [5.41, 5.74) is 4.31. The number of ether oxygens (including phenoxy) is 1. The lowest BCUT2D eigenvalue weighted by Gasteiger charge is -2.21. The zero-order valence-electron chi connectivity index (χ0n) is 19.9. The number of hydrogen-bond donors (Lipinski definition) is 1. The summed E-state index contributed by atoms with van der Waals surface area (Å²) in [6, 6.07) is 20.4. The second-order valence-electron chi connectivity index (χ2n) is 7.92. The van der Waals surface area contributed by atoms with Crippen molar-refractivity contribution in [2.45, 2.75) is 13.8 Å². The van der Waals surface area contributed by atoms with E-state index in [1.165, 1.54) is 0 Å². The molecule has 7 heteroatoms. The van der Waals surface area contributed by atoms with Crippen molar-refractivity contribution in [1.82, 2.24) is 15.3 Å². The topological polar surface area (TPSA) is 84.4 Å². The van der Waals surface area contributed by atoms with E-state index >= 15 is 0 Å². The molecule has 35 heavy (non-hydrogen) atoms. The molecule has 0 bridgehead atoms. The Kier molecular flexibility index (Phi) is 7.67. The van der Waals surface area contributed by atoms with Crippen molar-refractivity contribution in [1.29, 1.82) is 0 Å². The molecule has 4 aromatic rings. The SMILES string of the molecule is CCN(CC)c1ccc(C(=O)NCCOC(=O)c2cc(-c3ccncc3)nc3ccccc23)cc1. The Morgan fingerprint density at radius 1 is 0.943 bits per heavy atom. The van der Waals surface area contributed by atoms with Gasteiger partial charge >= 0.3 is 5.97 Å². The van der Waals surface area contributed by atoms with Crippen LogP contribution in [0.1, 0.15) is 34.6 Å². The first kappa shape index (κ1) is 23.9. The molecule has 0 saturated carbocycles. The number of nitrogens with zero attached hydrogens (tertiary/aromatic N) is 3. The van der Waals surface area contributed by atoms with Crippen LogP contribution in [-0.2, 0) is 4.74 Å². The van der Waals surface area contributed by atoms with Crippen molar-refractivity contribution in [3.05, 3.63) is 90.3 Å². The molecule has 0 aliphatic heterocycles. The molecule has 2 heterocycles. The fourth-order valence-corrected chi connectivity index (χ4v) is 3.92. The van der Waals surface area contributed by atoms with Gasteiger partial charge in [0.25, 0.3) is 5.91 Å². The summed E-state index contributed by atoms with van der Waals surface area (Å²) >= 11 is 0. The van der Waals surface area contributed by atoms with Crippen LogP contribution in [0.3, 0.4) is 0 Å². The van der Waals surface area contributed by atoms with Gasteiger partial charge in [0, 0.05) is 47.7 Å². The highest BCUT2D eigenvalue weighted by molar-refractivity contribution is 6.04. The highest BCUT2D eigenvalue weighted by Gasteiger charge is 2.15. The molecule has 0 aliphatic rings. The number of fused-ring (bicyclic) bond motifs is 1. The standard InChI is InChI=1S/C28H28N4O3/c1-3-32(4-2)22-11-9-21(10-12-22)27(33)30-17-18-35-28(34)24-19-26(20-13-15-29-16-14-20)31-25-8-6-5-7-23(24)25/h5-16,19H,3-4,17-18H2,1-2H3,(H,30,33). The highest BCUT2D eigenvalue weighted by atomic mass is 16.5. The van der Waals surface area contributed by atoms with Crippen molar-refractivity contribution in [3.8, 4) is 11.3 Å². The average molecular weight is 469 g/mol. The van der Waals surface area contributed by atoms with E-state index in [9.17, 15) is 9.59 Å². The summed E-state index contributed by atoms with van der Waals surface area (Å²) in [7, 11) is 0. The number of para-hydroxylation sites is 1. The molecule has 0 fully saturated rings. The van der Waals surface area contributed by atoms with Crippen LogP contribution in [0.15, 0.2) is 79.1 Å². The van der Waals surface area contributed by atoms with Crippen molar-refractivity contribution in [2.75, 3.05) is 31.1 Å². The fraction of sp³-hybridized carbons (Fsp3) is 0.214. The first-order valence-corrected chi connectivity index (χ1v) is 11.7. The number of hydrogen-bond acceptors (Lipinski definition) is 6. The van der Waals surface area contributed by atoms with E-state index in [0.717, 1.165) is 24.3 Å². The highest BCUT2D eigenvalue weighted by Crippen LogP contribution is 2.25. The monoisotopic (exact) mass is 468 g/mol. The minimum Gasteiger partial charge on any atom is -0.460 e. The van der Waals surface area contributed by atoms with Crippen LogP contribution in [0.4, 0.5) is 5.69 Å². The smallest absolute Gasteiger partial charge is 0.338 e. The fourth-order valence-electron chi connectivity index (χ4n) is 3.92. The van der Waals surface area contributed by atoms with Gasteiger partial charge in [-0.1, -0.05) is 18.2 Å². The number of carbonyl (C=O) groups is 2. The molecule has 7 nitrogen and oxygen atoms in total. The number of anilines is 1. The summed E-state index contributed by atoms with van der Waals surface area (Å²) < 4.78 is 5.49. The van der Waals surface area contributed by atoms with Crippen molar-refractivity contribution < 1.29 is 14.3 Å². The zero-order chi connectivity index (χ0) is 24.6. The first-order valence-electron chi connectivity index (χ1n) is 11.7. The third-order valence-electron chi connectivity index (χ3n) is 5.79. The number of benzene rings is 2. The van der Waals surface area contributed by atoms with E-state index in [1.807, 2.05) is 48.5 Å². The Bertz CT molecular complexity index is 1300. The Balaban J connectivity index is 1.39. The zero-order valence-corrected chi connectivity index (χ0v) is 19.9. The lowest BCUT2D eigenvalue weighted by atomic mass is 10.0. The second-order valence-corrected chi connectivity index (χ2v) is 7.92. The minimum atomic E-state index is -0.461. The molecule has 2 aromatic heterocycles. The van der Waals surface area contributed by atoms with Crippen LogP contribution in [0.2, 0.25) is 0 Å². The lowest BCUT2D eigenvalue weighted by Crippen LogP contribution is -2.28.